The van der Waals surface area contributed by atoms with Crippen LogP contribution in [0.1, 0.15) is 53.4 Å². The molecule has 0 radical (unpaired) electrons. The van der Waals surface area contributed by atoms with Gasteiger partial charge in [0.2, 0.25) is 12.0 Å². The maximum absolute atomic E-state index is 14.9. The number of aliphatic imine (C=N–C) groups is 1. The number of aromatic nitrogens is 3. The molecular weight excluding hydrogens is 523 g/mol. The van der Waals surface area contributed by atoms with E-state index in [0.29, 0.717) is 40.5 Å². The third-order valence-corrected chi connectivity index (χ3v) is 7.29. The van der Waals surface area contributed by atoms with Gasteiger partial charge in [-0.3, -0.25) is 14.6 Å². The average Bonchev–Trinajstić information content (AvgIpc) is 3.11. The Morgan fingerprint density at radius 2 is 1.95 bits per heavy atom. The molecule has 0 fully saturated rings. The Morgan fingerprint density at radius 1 is 1.12 bits per heavy atom. The molecule has 0 bridgehead atoms. The fourth-order valence-electron chi connectivity index (χ4n) is 5.12. The molecule has 0 saturated carbocycles. The quantitative estimate of drug-likeness (QED) is 0.366. The zero-order valence-corrected chi connectivity index (χ0v) is 22.7. The molecule has 41 heavy (non-hydrogen) atoms. The molecule has 2 atom stereocenters. The summed E-state index contributed by atoms with van der Waals surface area (Å²) >= 11 is 0. The molecule has 0 saturated heterocycles. The van der Waals surface area contributed by atoms with Crippen LogP contribution in [-0.2, 0) is 11.3 Å². The van der Waals surface area contributed by atoms with E-state index in [2.05, 4.69) is 20.6 Å². The van der Waals surface area contributed by atoms with Gasteiger partial charge in [-0.1, -0.05) is 49.4 Å². The topological polar surface area (TPSA) is 111 Å². The van der Waals surface area contributed by atoms with Crippen LogP contribution in [0.4, 0.5) is 10.1 Å². The molecule has 2 N–H and O–H groups in total. The van der Waals surface area contributed by atoms with Gasteiger partial charge in [0, 0.05) is 35.1 Å². The van der Waals surface area contributed by atoms with E-state index >= 15 is 0 Å². The average molecular weight is 553 g/mol. The predicted octanol–water partition coefficient (Wildman–Crippen LogP) is 4.89. The van der Waals surface area contributed by atoms with Crippen molar-refractivity contribution in [2.75, 3.05) is 5.32 Å². The summed E-state index contributed by atoms with van der Waals surface area (Å²) < 4.78 is 22.9. The summed E-state index contributed by atoms with van der Waals surface area (Å²) in [6.45, 7) is 4.50. The lowest BCUT2D eigenvalue weighted by Gasteiger charge is -2.17. The maximum Gasteiger partial charge on any atom is 0.269 e. The summed E-state index contributed by atoms with van der Waals surface area (Å²) in [6, 6.07) is 17.4. The van der Waals surface area contributed by atoms with Crippen LogP contribution in [0.3, 0.4) is 0 Å². The highest BCUT2D eigenvalue weighted by molar-refractivity contribution is 6.20. The molecule has 2 amide bonds. The summed E-state index contributed by atoms with van der Waals surface area (Å²) in [7, 11) is 0. The zero-order valence-electron chi connectivity index (χ0n) is 22.7. The lowest BCUT2D eigenvalue weighted by Crippen LogP contribution is -2.42. The molecule has 2 aliphatic heterocycles. The van der Waals surface area contributed by atoms with E-state index in [1.807, 2.05) is 56.3 Å². The highest BCUT2D eigenvalue weighted by Gasteiger charge is 2.34. The maximum atomic E-state index is 14.9. The first-order valence-electron chi connectivity index (χ1n) is 13.7. The van der Waals surface area contributed by atoms with Crippen molar-refractivity contribution in [1.29, 1.82) is 0 Å². The standard InChI is InChI=1S/C31H29FN6O3/c1-3-21-11-8-16-38-31(41-21)24(26(37-38)20-15-14-18(2)33-17-20)29(39)36-28-30(40)35-27-22(12-7-13-23(27)32)25(34-28)19-9-5-4-6-10-19/h4-7,9-10,12-15,17,21,28H,3,8,11,16H2,1-2H3,(H,35,40)(H,36,39)/t21-,28-/m1/s1. The number of benzene rings is 2. The Kier molecular flexibility index (Phi) is 7.05. The van der Waals surface area contributed by atoms with Gasteiger partial charge < -0.3 is 15.4 Å². The third kappa shape index (κ3) is 5.08. The number of halogens is 1. The molecule has 2 aliphatic rings. The van der Waals surface area contributed by atoms with Gasteiger partial charge in [0.05, 0.1) is 11.4 Å². The molecule has 9 nitrogen and oxygen atoms in total. The van der Waals surface area contributed by atoms with Crippen molar-refractivity contribution in [3.63, 3.8) is 0 Å². The molecule has 6 rings (SSSR count). The van der Waals surface area contributed by atoms with Gasteiger partial charge in [0.1, 0.15) is 23.2 Å². The van der Waals surface area contributed by atoms with Gasteiger partial charge in [-0.05, 0) is 44.4 Å². The zero-order chi connectivity index (χ0) is 28.5. The van der Waals surface area contributed by atoms with Crippen LogP contribution in [0.15, 0.2) is 71.9 Å². The molecule has 0 aliphatic carbocycles. The van der Waals surface area contributed by atoms with Crippen LogP contribution in [0.2, 0.25) is 0 Å². The van der Waals surface area contributed by atoms with Crippen molar-refractivity contribution >= 4 is 23.2 Å². The number of amides is 2. The number of fused-ring (bicyclic) bond motifs is 2. The number of nitrogens with one attached hydrogen (secondary N) is 2. The Hall–Kier alpha value is -4.86. The molecule has 2 aromatic heterocycles. The largest absolute Gasteiger partial charge is 0.474 e. The van der Waals surface area contributed by atoms with Gasteiger partial charge >= 0.3 is 0 Å². The second kappa shape index (κ2) is 11.0. The number of benzodiazepines with no additional fused rings is 1. The molecule has 4 aromatic rings. The highest BCUT2D eigenvalue weighted by atomic mass is 19.1. The summed E-state index contributed by atoms with van der Waals surface area (Å²) in [6.07, 6.45) is 2.69. The number of ether oxygens (including phenoxy) is 1. The number of carbonyl (C=O) groups is 2. The number of carbonyl (C=O) groups excluding carboxylic acids is 2. The Labute approximate surface area is 236 Å². The molecule has 4 heterocycles. The van der Waals surface area contributed by atoms with E-state index in [9.17, 15) is 14.0 Å². The lowest BCUT2D eigenvalue weighted by atomic mass is 10.0. The third-order valence-electron chi connectivity index (χ3n) is 7.29. The minimum atomic E-state index is -1.35. The van der Waals surface area contributed by atoms with Gasteiger partial charge in [0.25, 0.3) is 11.8 Å². The van der Waals surface area contributed by atoms with Crippen LogP contribution >= 0.6 is 0 Å². The summed E-state index contributed by atoms with van der Waals surface area (Å²) in [5.41, 5.74) is 3.56. The second-order valence-corrected chi connectivity index (χ2v) is 10.1. The summed E-state index contributed by atoms with van der Waals surface area (Å²) in [5.74, 6) is -1.50. The van der Waals surface area contributed by atoms with E-state index in [0.717, 1.165) is 25.0 Å². The van der Waals surface area contributed by atoms with Crippen LogP contribution in [0.25, 0.3) is 11.3 Å². The number of anilines is 1. The van der Waals surface area contributed by atoms with E-state index in [1.165, 1.54) is 6.07 Å². The van der Waals surface area contributed by atoms with Crippen LogP contribution in [-0.4, -0.2) is 44.6 Å². The number of rotatable bonds is 5. The highest BCUT2D eigenvalue weighted by Crippen LogP contribution is 2.34. The van der Waals surface area contributed by atoms with Gasteiger partial charge in [-0.25, -0.2) is 14.1 Å². The van der Waals surface area contributed by atoms with Gasteiger partial charge in [-0.15, -0.1) is 0 Å². The van der Waals surface area contributed by atoms with Crippen molar-refractivity contribution in [2.24, 2.45) is 4.99 Å². The minimum absolute atomic E-state index is 0.0109. The van der Waals surface area contributed by atoms with Crippen molar-refractivity contribution in [3.05, 3.63) is 95.1 Å². The number of nitrogens with zero attached hydrogens (tertiary/aromatic N) is 4. The number of para-hydroxylation sites is 1. The van der Waals surface area contributed by atoms with E-state index in [-0.39, 0.29) is 17.4 Å². The normalized spacial score (nSPS) is 18.1. The number of pyridine rings is 1. The Balaban J connectivity index is 1.44. The lowest BCUT2D eigenvalue weighted by molar-refractivity contribution is -0.117. The molecule has 0 unspecified atom stereocenters. The summed E-state index contributed by atoms with van der Waals surface area (Å²) in [5, 5.41) is 10.1. The fraction of sp³-hybridized carbons (Fsp3) is 0.258. The molecule has 208 valence electrons. The van der Waals surface area contributed by atoms with Crippen molar-refractivity contribution in [1.82, 2.24) is 20.1 Å². The van der Waals surface area contributed by atoms with E-state index in [1.54, 1.807) is 23.0 Å². The van der Waals surface area contributed by atoms with Crippen molar-refractivity contribution in [3.8, 4) is 17.1 Å². The molecule has 0 spiro atoms. The fourth-order valence-corrected chi connectivity index (χ4v) is 5.12. The first-order chi connectivity index (χ1) is 19.9. The number of aryl methyl sites for hydroxylation is 2. The van der Waals surface area contributed by atoms with Crippen molar-refractivity contribution < 1.29 is 18.7 Å². The van der Waals surface area contributed by atoms with E-state index < -0.39 is 23.8 Å². The monoisotopic (exact) mass is 552 g/mol. The smallest absolute Gasteiger partial charge is 0.269 e. The van der Waals surface area contributed by atoms with Crippen LogP contribution < -0.4 is 15.4 Å². The van der Waals surface area contributed by atoms with Gasteiger partial charge in [-0.2, -0.15) is 5.10 Å². The number of hydrogen-bond donors (Lipinski definition) is 2. The van der Waals surface area contributed by atoms with Crippen LogP contribution in [0, 0.1) is 12.7 Å². The number of hydrogen-bond acceptors (Lipinski definition) is 6. The Bertz CT molecular complexity index is 1650. The molecule has 2 aromatic carbocycles. The molecule has 10 heteroatoms. The first-order valence-corrected chi connectivity index (χ1v) is 13.7. The summed E-state index contributed by atoms with van der Waals surface area (Å²) in [4.78, 5) is 36.5. The van der Waals surface area contributed by atoms with Gasteiger partial charge in [0.15, 0.2) is 0 Å². The van der Waals surface area contributed by atoms with E-state index in [4.69, 9.17) is 9.84 Å². The SMILES string of the molecule is CC[C@@H]1CCCn2nc(-c3ccc(C)nc3)c(C(=O)N[C@H]3N=C(c4ccccc4)c4cccc(F)c4NC3=O)c2O1. The van der Waals surface area contributed by atoms with Crippen LogP contribution in [0.5, 0.6) is 5.88 Å². The predicted molar refractivity (Wildman–Crippen MR) is 153 cm³/mol. The Morgan fingerprint density at radius 3 is 2.71 bits per heavy atom. The van der Waals surface area contributed by atoms with Crippen molar-refractivity contribution in [2.45, 2.75) is 51.9 Å². The second-order valence-electron chi connectivity index (χ2n) is 10.1. The minimum Gasteiger partial charge on any atom is -0.474 e. The molecular formula is C31H29FN6O3. The first kappa shape index (κ1) is 26.4.